The second kappa shape index (κ2) is 10.3. The first-order valence-electron chi connectivity index (χ1n) is 18.4. The molecule has 1 N–H and O–H groups in total. The molecule has 1 unspecified atom stereocenters. The second-order valence-corrected chi connectivity index (χ2v) is 14.8. The van der Waals surface area contributed by atoms with Crippen LogP contribution in [0.3, 0.4) is 0 Å². The van der Waals surface area contributed by atoms with Crippen molar-refractivity contribution in [2.24, 2.45) is 0 Å². The summed E-state index contributed by atoms with van der Waals surface area (Å²) in [6.07, 6.45) is 0. The molecule has 0 aromatic heterocycles. The van der Waals surface area contributed by atoms with Crippen molar-refractivity contribution in [3.05, 3.63) is 215 Å². The van der Waals surface area contributed by atoms with Crippen molar-refractivity contribution in [2.45, 2.75) is 11.3 Å². The summed E-state index contributed by atoms with van der Waals surface area (Å²) in [5, 5.41) is 4.06. The van der Waals surface area contributed by atoms with Crippen molar-refractivity contribution >= 4 is 29.6 Å². The third-order valence-corrected chi connectivity index (χ3v) is 12.4. The van der Waals surface area contributed by atoms with Gasteiger partial charge in [-0.3, -0.25) is 0 Å². The number of hydrogen-bond donors (Lipinski definition) is 1. The van der Waals surface area contributed by atoms with E-state index in [2.05, 4.69) is 181 Å². The molecule has 240 valence electrons. The normalized spacial score (nSPS) is 15.6. The van der Waals surface area contributed by atoms with E-state index in [9.17, 15) is 0 Å². The van der Waals surface area contributed by atoms with Crippen molar-refractivity contribution in [1.29, 1.82) is 0 Å². The summed E-state index contributed by atoms with van der Waals surface area (Å²) in [7, 11) is 0.907. The Balaban J connectivity index is 1.18. The maximum atomic E-state index is 4.06. The minimum Gasteiger partial charge on any atom is -0.354 e. The SMILES string of the molecule is B1c2cccc3c2C(c2ccccc2-3)c2cc(-c3ccccc3)cc(-c3cccc4c3Nc3ccccc3C43c4ccccc4-c4ccccc43)c21. The second-order valence-electron chi connectivity index (χ2n) is 14.8. The van der Waals surface area contributed by atoms with Gasteiger partial charge in [0.1, 0.15) is 0 Å². The summed E-state index contributed by atoms with van der Waals surface area (Å²) in [4.78, 5) is 0. The van der Waals surface area contributed by atoms with E-state index >= 15 is 0 Å². The van der Waals surface area contributed by atoms with Crippen LogP contribution in [-0.4, -0.2) is 7.28 Å². The van der Waals surface area contributed by atoms with E-state index in [4.69, 9.17) is 0 Å². The summed E-state index contributed by atoms with van der Waals surface area (Å²) in [5.74, 6) is 0.210. The van der Waals surface area contributed by atoms with E-state index in [1.807, 2.05) is 0 Å². The van der Waals surface area contributed by atoms with Crippen molar-refractivity contribution in [3.8, 4) is 44.5 Å². The molecule has 4 aliphatic rings. The summed E-state index contributed by atoms with van der Waals surface area (Å²) >= 11 is 0. The molecule has 0 bridgehead atoms. The summed E-state index contributed by atoms with van der Waals surface area (Å²) < 4.78 is 0. The van der Waals surface area contributed by atoms with Gasteiger partial charge in [0.05, 0.1) is 11.1 Å². The van der Waals surface area contributed by atoms with E-state index in [1.165, 1.54) is 106 Å². The molecule has 0 fully saturated rings. The summed E-state index contributed by atoms with van der Waals surface area (Å²) in [5.41, 5.74) is 25.0. The zero-order valence-electron chi connectivity index (χ0n) is 28.5. The fraction of sp³-hybridized carbons (Fsp3) is 0.0400. The maximum Gasteiger partial charge on any atom is 0.193 e. The third kappa shape index (κ3) is 3.54. The molecule has 0 saturated carbocycles. The Kier molecular flexibility index (Phi) is 5.63. The molecule has 2 aliphatic heterocycles. The molecular formula is C50H32BN. The van der Waals surface area contributed by atoms with Gasteiger partial charge in [0.15, 0.2) is 7.28 Å². The highest BCUT2D eigenvalue weighted by atomic mass is 14.9. The molecule has 12 rings (SSSR count). The molecule has 8 aromatic carbocycles. The van der Waals surface area contributed by atoms with Gasteiger partial charge in [0.2, 0.25) is 0 Å². The number of rotatable bonds is 2. The van der Waals surface area contributed by atoms with Crippen molar-refractivity contribution < 1.29 is 0 Å². The smallest absolute Gasteiger partial charge is 0.193 e. The lowest BCUT2D eigenvalue weighted by molar-refractivity contribution is 0.763. The number of benzene rings is 8. The quantitative estimate of drug-likeness (QED) is 0.183. The van der Waals surface area contributed by atoms with Gasteiger partial charge >= 0.3 is 0 Å². The average Bonchev–Trinajstić information content (AvgIpc) is 3.70. The number of para-hydroxylation sites is 2. The van der Waals surface area contributed by atoms with Crippen LogP contribution in [0.25, 0.3) is 44.5 Å². The Bertz CT molecular complexity index is 2770. The summed E-state index contributed by atoms with van der Waals surface area (Å²) in [6.45, 7) is 0. The molecule has 1 nitrogen and oxygen atoms in total. The van der Waals surface area contributed by atoms with Gasteiger partial charge in [-0.15, -0.1) is 0 Å². The first kappa shape index (κ1) is 28.3. The highest BCUT2D eigenvalue weighted by molar-refractivity contribution is 6.71. The molecule has 1 atom stereocenters. The molecule has 0 amide bonds. The van der Waals surface area contributed by atoms with Gasteiger partial charge in [-0.25, -0.2) is 0 Å². The zero-order chi connectivity index (χ0) is 34.0. The molecule has 0 radical (unpaired) electrons. The Labute approximate surface area is 304 Å². The molecule has 0 saturated heterocycles. The van der Waals surface area contributed by atoms with E-state index in [0.717, 1.165) is 7.28 Å². The largest absolute Gasteiger partial charge is 0.354 e. The van der Waals surface area contributed by atoms with Gasteiger partial charge in [-0.2, -0.15) is 0 Å². The van der Waals surface area contributed by atoms with Crippen molar-refractivity contribution in [2.75, 3.05) is 5.32 Å². The monoisotopic (exact) mass is 657 g/mol. The Morgan fingerprint density at radius 2 is 1.04 bits per heavy atom. The molecule has 8 aromatic rings. The van der Waals surface area contributed by atoms with Gasteiger partial charge in [-0.1, -0.05) is 175 Å². The third-order valence-electron chi connectivity index (χ3n) is 12.4. The molecule has 2 heteroatoms. The Morgan fingerprint density at radius 3 is 1.85 bits per heavy atom. The highest BCUT2D eigenvalue weighted by Gasteiger charge is 2.50. The highest BCUT2D eigenvalue weighted by Crippen LogP contribution is 2.62. The first-order chi connectivity index (χ1) is 25.8. The van der Waals surface area contributed by atoms with Gasteiger partial charge in [0, 0.05) is 17.2 Å². The molecule has 52 heavy (non-hydrogen) atoms. The van der Waals surface area contributed by atoms with Crippen LogP contribution < -0.4 is 16.2 Å². The van der Waals surface area contributed by atoms with Crippen LogP contribution in [0, 0.1) is 0 Å². The van der Waals surface area contributed by atoms with Crippen LogP contribution in [-0.2, 0) is 5.41 Å². The van der Waals surface area contributed by atoms with Crippen molar-refractivity contribution in [1.82, 2.24) is 0 Å². The van der Waals surface area contributed by atoms with Crippen LogP contribution in [0.1, 0.15) is 44.9 Å². The van der Waals surface area contributed by atoms with Gasteiger partial charge in [0.25, 0.3) is 0 Å². The number of fused-ring (bicyclic) bond motifs is 14. The predicted molar refractivity (Wildman–Crippen MR) is 217 cm³/mol. The zero-order valence-corrected chi connectivity index (χ0v) is 28.5. The minimum absolute atomic E-state index is 0.210. The predicted octanol–water partition coefficient (Wildman–Crippen LogP) is 10.3. The topological polar surface area (TPSA) is 12.0 Å². The average molecular weight is 658 g/mol. The fourth-order valence-electron chi connectivity index (χ4n) is 10.4. The van der Waals surface area contributed by atoms with Crippen LogP contribution in [0.2, 0.25) is 0 Å². The molecule has 2 aliphatic carbocycles. The molecule has 1 spiro atoms. The lowest BCUT2D eigenvalue weighted by Gasteiger charge is -2.41. The van der Waals surface area contributed by atoms with Gasteiger partial charge in [-0.05, 0) is 90.0 Å². The lowest BCUT2D eigenvalue weighted by atomic mass is 9.52. The first-order valence-corrected chi connectivity index (χ1v) is 18.4. The number of nitrogens with one attached hydrogen (secondary N) is 1. The van der Waals surface area contributed by atoms with Crippen LogP contribution >= 0.6 is 0 Å². The van der Waals surface area contributed by atoms with E-state index in [0.29, 0.717) is 0 Å². The van der Waals surface area contributed by atoms with E-state index in [-0.39, 0.29) is 5.92 Å². The molecular weight excluding hydrogens is 625 g/mol. The fourth-order valence-corrected chi connectivity index (χ4v) is 10.4. The van der Waals surface area contributed by atoms with E-state index < -0.39 is 5.41 Å². The van der Waals surface area contributed by atoms with Crippen LogP contribution in [0.4, 0.5) is 11.4 Å². The lowest BCUT2D eigenvalue weighted by Crippen LogP contribution is -2.40. The number of hydrogen-bond acceptors (Lipinski definition) is 1. The van der Waals surface area contributed by atoms with Crippen LogP contribution in [0.15, 0.2) is 176 Å². The maximum absolute atomic E-state index is 4.06. The van der Waals surface area contributed by atoms with Gasteiger partial charge < -0.3 is 5.32 Å². The van der Waals surface area contributed by atoms with Crippen molar-refractivity contribution in [3.63, 3.8) is 0 Å². The summed E-state index contributed by atoms with van der Waals surface area (Å²) in [6, 6.07) is 66.1. The van der Waals surface area contributed by atoms with E-state index in [1.54, 1.807) is 0 Å². The Hall–Kier alpha value is -6.38. The standard InChI is InChI=1S/C50H32BN/c1-2-14-30(15-3-1)31-28-38(48-39(29-31)46-35-19-5-4-16-32(35)36-20-13-26-44(51-48)47(36)46)37-21-12-25-43-49(37)52-45-27-11-10-24-42(45)50(43)40-22-8-6-17-33(40)34-18-7-9-23-41(34)50/h1-29,46,51-52H. The van der Waals surface area contributed by atoms with Crippen LogP contribution in [0.5, 0.6) is 0 Å². The number of anilines is 2. The minimum atomic E-state index is -0.441. The molecule has 2 heterocycles. The Morgan fingerprint density at radius 1 is 0.423 bits per heavy atom.